The molecule has 0 bridgehead atoms. The molecule has 1 saturated heterocycles. The van der Waals surface area contributed by atoms with E-state index in [2.05, 4.69) is 24.5 Å². The number of thiol groups is 1. The highest BCUT2D eigenvalue weighted by molar-refractivity contribution is 7.80. The smallest absolute Gasteiger partial charge is 0.0445 e. The van der Waals surface area contributed by atoms with Gasteiger partial charge < -0.3 is 5.11 Å². The number of likely N-dealkylation sites (tertiary alicyclic amines) is 1. The molecule has 0 aliphatic carbocycles. The van der Waals surface area contributed by atoms with Crippen LogP contribution in [0.3, 0.4) is 0 Å². The second-order valence-electron chi connectivity index (χ2n) is 4.61. The normalized spacial score (nSPS) is 25.4. The van der Waals surface area contributed by atoms with Gasteiger partial charge in [-0.25, -0.2) is 0 Å². The molecule has 1 rings (SSSR count). The SMILES string of the molecule is CCC(CS)CN1CCCCC1CCO. The first-order chi connectivity index (χ1) is 7.31. The molecule has 15 heavy (non-hydrogen) atoms. The van der Waals surface area contributed by atoms with Crippen molar-refractivity contribution in [3.05, 3.63) is 0 Å². The van der Waals surface area contributed by atoms with Gasteiger partial charge in [-0.05, 0) is 37.5 Å². The van der Waals surface area contributed by atoms with E-state index in [0.717, 1.165) is 12.2 Å². The van der Waals surface area contributed by atoms with Crippen LogP contribution in [0.1, 0.15) is 39.0 Å². The van der Waals surface area contributed by atoms with Crippen LogP contribution >= 0.6 is 12.6 Å². The molecule has 0 amide bonds. The number of hydrogen-bond acceptors (Lipinski definition) is 3. The van der Waals surface area contributed by atoms with Crippen LogP contribution in [0.15, 0.2) is 0 Å². The van der Waals surface area contributed by atoms with E-state index < -0.39 is 0 Å². The second-order valence-corrected chi connectivity index (χ2v) is 4.98. The summed E-state index contributed by atoms with van der Waals surface area (Å²) in [6.07, 6.45) is 6.09. The van der Waals surface area contributed by atoms with Crippen LogP contribution < -0.4 is 0 Å². The highest BCUT2D eigenvalue weighted by Crippen LogP contribution is 2.21. The summed E-state index contributed by atoms with van der Waals surface area (Å²) in [7, 11) is 0. The van der Waals surface area contributed by atoms with Crippen molar-refractivity contribution in [3.8, 4) is 0 Å². The average Bonchev–Trinajstić information content (AvgIpc) is 2.28. The number of hydrogen-bond donors (Lipinski definition) is 2. The minimum atomic E-state index is 0.332. The molecule has 2 unspecified atom stereocenters. The molecule has 0 aromatic heterocycles. The summed E-state index contributed by atoms with van der Waals surface area (Å²) < 4.78 is 0. The lowest BCUT2D eigenvalue weighted by Crippen LogP contribution is -2.43. The van der Waals surface area contributed by atoms with E-state index in [9.17, 15) is 0 Å². The molecule has 3 heteroatoms. The van der Waals surface area contributed by atoms with E-state index in [1.54, 1.807) is 0 Å². The monoisotopic (exact) mass is 231 g/mol. The maximum atomic E-state index is 9.04. The number of rotatable bonds is 6. The maximum absolute atomic E-state index is 9.04. The molecular weight excluding hydrogens is 206 g/mol. The molecule has 1 aliphatic rings. The minimum absolute atomic E-state index is 0.332. The Morgan fingerprint density at radius 3 is 2.87 bits per heavy atom. The fraction of sp³-hybridized carbons (Fsp3) is 1.00. The standard InChI is InChI=1S/C12H25NOS/c1-2-11(10-15)9-13-7-4-3-5-12(13)6-8-14/h11-12,14-15H,2-10H2,1H3. The molecule has 1 fully saturated rings. The van der Waals surface area contributed by atoms with Gasteiger partial charge in [-0.3, -0.25) is 4.90 Å². The lowest BCUT2D eigenvalue weighted by Gasteiger charge is -2.37. The fourth-order valence-electron chi connectivity index (χ4n) is 2.42. The predicted molar refractivity (Wildman–Crippen MR) is 68.5 cm³/mol. The van der Waals surface area contributed by atoms with Gasteiger partial charge in [0.15, 0.2) is 0 Å². The van der Waals surface area contributed by atoms with Crippen LogP contribution in [0.2, 0.25) is 0 Å². The predicted octanol–water partition coefficient (Wildman–Crippen LogP) is 2.18. The largest absolute Gasteiger partial charge is 0.396 e. The number of aliphatic hydroxyl groups excluding tert-OH is 1. The summed E-state index contributed by atoms with van der Waals surface area (Å²) in [5.74, 6) is 1.70. The van der Waals surface area contributed by atoms with E-state index in [4.69, 9.17) is 5.11 Å². The van der Waals surface area contributed by atoms with Gasteiger partial charge in [-0.15, -0.1) is 0 Å². The zero-order valence-electron chi connectivity index (χ0n) is 9.86. The summed E-state index contributed by atoms with van der Waals surface area (Å²) in [5, 5.41) is 9.04. The van der Waals surface area contributed by atoms with Crippen molar-refractivity contribution in [2.75, 3.05) is 25.4 Å². The van der Waals surface area contributed by atoms with E-state index >= 15 is 0 Å². The van der Waals surface area contributed by atoms with Gasteiger partial charge in [-0.1, -0.05) is 19.8 Å². The Labute approximate surface area is 99.5 Å². The topological polar surface area (TPSA) is 23.5 Å². The highest BCUT2D eigenvalue weighted by Gasteiger charge is 2.23. The molecule has 0 spiro atoms. The number of nitrogens with zero attached hydrogens (tertiary/aromatic N) is 1. The average molecular weight is 231 g/mol. The fourth-order valence-corrected chi connectivity index (χ4v) is 2.80. The first kappa shape index (κ1) is 13.3. The number of aliphatic hydroxyl groups is 1. The lowest BCUT2D eigenvalue weighted by atomic mass is 9.97. The van der Waals surface area contributed by atoms with Crippen molar-refractivity contribution in [1.82, 2.24) is 4.90 Å². The number of piperidine rings is 1. The molecule has 0 aromatic carbocycles. The van der Waals surface area contributed by atoms with Crippen molar-refractivity contribution in [3.63, 3.8) is 0 Å². The van der Waals surface area contributed by atoms with E-state index in [1.165, 1.54) is 38.8 Å². The Balaban J connectivity index is 2.40. The van der Waals surface area contributed by atoms with Crippen molar-refractivity contribution in [1.29, 1.82) is 0 Å². The van der Waals surface area contributed by atoms with Crippen molar-refractivity contribution in [2.24, 2.45) is 5.92 Å². The second kappa shape index (κ2) is 7.53. The third kappa shape index (κ3) is 4.33. The first-order valence-corrected chi connectivity index (χ1v) is 6.90. The minimum Gasteiger partial charge on any atom is -0.396 e. The summed E-state index contributed by atoms with van der Waals surface area (Å²) in [6, 6.07) is 0.623. The quantitative estimate of drug-likeness (QED) is 0.685. The van der Waals surface area contributed by atoms with Gasteiger partial charge >= 0.3 is 0 Å². The summed E-state index contributed by atoms with van der Waals surface area (Å²) in [6.45, 7) is 4.96. The van der Waals surface area contributed by atoms with Crippen molar-refractivity contribution >= 4 is 12.6 Å². The molecule has 1 N–H and O–H groups in total. The van der Waals surface area contributed by atoms with Crippen LogP contribution in [-0.4, -0.2) is 41.5 Å². The molecule has 0 radical (unpaired) electrons. The van der Waals surface area contributed by atoms with Gasteiger partial charge in [0.05, 0.1) is 0 Å². The Kier molecular flexibility index (Phi) is 6.69. The molecule has 0 aromatic rings. The molecule has 1 heterocycles. The van der Waals surface area contributed by atoms with Crippen molar-refractivity contribution in [2.45, 2.75) is 45.1 Å². The molecular formula is C12H25NOS. The third-order valence-corrected chi connectivity index (χ3v) is 4.06. The Morgan fingerprint density at radius 1 is 1.47 bits per heavy atom. The van der Waals surface area contributed by atoms with Gasteiger partial charge in [0.2, 0.25) is 0 Å². The third-order valence-electron chi connectivity index (χ3n) is 3.54. The van der Waals surface area contributed by atoms with Crippen LogP contribution in [0, 0.1) is 5.92 Å². The first-order valence-electron chi connectivity index (χ1n) is 6.27. The Bertz CT molecular complexity index is 160. The van der Waals surface area contributed by atoms with E-state index in [0.29, 0.717) is 18.6 Å². The molecule has 2 nitrogen and oxygen atoms in total. The zero-order valence-corrected chi connectivity index (χ0v) is 10.8. The maximum Gasteiger partial charge on any atom is 0.0445 e. The lowest BCUT2D eigenvalue weighted by molar-refractivity contribution is 0.104. The van der Waals surface area contributed by atoms with Gasteiger partial charge in [0.1, 0.15) is 0 Å². The summed E-state index contributed by atoms with van der Waals surface area (Å²) in [5.41, 5.74) is 0. The zero-order chi connectivity index (χ0) is 11.1. The van der Waals surface area contributed by atoms with Gasteiger partial charge in [0.25, 0.3) is 0 Å². The van der Waals surface area contributed by atoms with E-state index in [-0.39, 0.29) is 0 Å². The van der Waals surface area contributed by atoms with Crippen LogP contribution in [0.4, 0.5) is 0 Å². The van der Waals surface area contributed by atoms with Gasteiger partial charge in [-0.2, -0.15) is 12.6 Å². The van der Waals surface area contributed by atoms with Crippen molar-refractivity contribution < 1.29 is 5.11 Å². The molecule has 1 aliphatic heterocycles. The molecule has 90 valence electrons. The van der Waals surface area contributed by atoms with Crippen LogP contribution in [0.25, 0.3) is 0 Å². The highest BCUT2D eigenvalue weighted by atomic mass is 32.1. The molecule has 2 atom stereocenters. The van der Waals surface area contributed by atoms with Gasteiger partial charge in [0, 0.05) is 19.2 Å². The Morgan fingerprint density at radius 2 is 2.27 bits per heavy atom. The Hall–Kier alpha value is 0.270. The van der Waals surface area contributed by atoms with Crippen LogP contribution in [-0.2, 0) is 0 Å². The van der Waals surface area contributed by atoms with E-state index in [1.807, 2.05) is 0 Å². The summed E-state index contributed by atoms with van der Waals surface area (Å²) >= 11 is 4.40. The van der Waals surface area contributed by atoms with Crippen LogP contribution in [0.5, 0.6) is 0 Å². The summed E-state index contributed by atoms with van der Waals surface area (Å²) in [4.78, 5) is 2.57. The molecule has 0 saturated carbocycles.